The molecule has 0 amide bonds. The summed E-state index contributed by atoms with van der Waals surface area (Å²) >= 11 is 0. The summed E-state index contributed by atoms with van der Waals surface area (Å²) in [6.07, 6.45) is -2.86. The van der Waals surface area contributed by atoms with Gasteiger partial charge in [-0.1, -0.05) is 6.92 Å². The van der Waals surface area contributed by atoms with Crippen molar-refractivity contribution in [2.75, 3.05) is 40.3 Å². The van der Waals surface area contributed by atoms with Crippen molar-refractivity contribution in [2.24, 2.45) is 0 Å². The average molecular weight is 295 g/mol. The molecule has 6 heteroatoms. The molecule has 1 heterocycles. The third-order valence-corrected chi connectivity index (χ3v) is 4.50. The predicted octanol–water partition coefficient (Wildman–Crippen LogP) is 2.33. The van der Waals surface area contributed by atoms with Gasteiger partial charge in [-0.2, -0.15) is 13.2 Å². The van der Waals surface area contributed by atoms with Gasteiger partial charge in [-0.3, -0.25) is 0 Å². The van der Waals surface area contributed by atoms with Gasteiger partial charge in [0, 0.05) is 18.1 Å². The number of hydrogen-bond acceptors (Lipinski definition) is 3. The minimum atomic E-state index is -4.09. The first-order valence-electron chi connectivity index (χ1n) is 7.38. The predicted molar refractivity (Wildman–Crippen MR) is 75.9 cm³/mol. The highest BCUT2D eigenvalue weighted by Crippen LogP contribution is 2.27. The molecule has 120 valence electrons. The molecule has 1 N–H and O–H groups in total. The maximum atomic E-state index is 12.4. The Bertz CT molecular complexity index is 284. The third-order valence-electron chi connectivity index (χ3n) is 4.50. The topological polar surface area (TPSA) is 18.5 Å². The molecular weight excluding hydrogens is 267 g/mol. The van der Waals surface area contributed by atoms with Crippen molar-refractivity contribution in [1.29, 1.82) is 0 Å². The van der Waals surface area contributed by atoms with E-state index in [0.29, 0.717) is 6.54 Å². The first kappa shape index (κ1) is 17.7. The van der Waals surface area contributed by atoms with Gasteiger partial charge in [0.15, 0.2) is 0 Å². The fourth-order valence-electron chi connectivity index (χ4n) is 2.85. The first-order chi connectivity index (χ1) is 9.18. The van der Waals surface area contributed by atoms with Gasteiger partial charge in [0.2, 0.25) is 0 Å². The van der Waals surface area contributed by atoms with E-state index in [4.69, 9.17) is 0 Å². The van der Waals surface area contributed by atoms with E-state index in [1.165, 1.54) is 0 Å². The molecular formula is C14H28F3N3. The van der Waals surface area contributed by atoms with Crippen LogP contribution in [0.25, 0.3) is 0 Å². The van der Waals surface area contributed by atoms with Crippen molar-refractivity contribution in [3.63, 3.8) is 0 Å². The Kier molecular flexibility index (Phi) is 6.28. The Labute approximate surface area is 120 Å². The van der Waals surface area contributed by atoms with Gasteiger partial charge in [-0.05, 0) is 53.5 Å². The highest BCUT2D eigenvalue weighted by Gasteiger charge is 2.37. The van der Waals surface area contributed by atoms with E-state index in [9.17, 15) is 13.2 Å². The highest BCUT2D eigenvalue weighted by molar-refractivity contribution is 4.95. The number of piperidine rings is 1. The molecule has 0 saturated carbocycles. The summed E-state index contributed by atoms with van der Waals surface area (Å²) in [4.78, 5) is 4.56. The Morgan fingerprint density at radius 1 is 1.25 bits per heavy atom. The summed E-state index contributed by atoms with van der Waals surface area (Å²) in [5.74, 6) is 0. The van der Waals surface area contributed by atoms with E-state index in [-0.39, 0.29) is 5.54 Å². The van der Waals surface area contributed by atoms with Crippen molar-refractivity contribution in [2.45, 2.75) is 50.9 Å². The number of rotatable bonds is 6. The first-order valence-corrected chi connectivity index (χ1v) is 7.38. The van der Waals surface area contributed by atoms with E-state index in [1.807, 2.05) is 14.1 Å². The van der Waals surface area contributed by atoms with Crippen LogP contribution in [0.1, 0.15) is 33.1 Å². The summed E-state index contributed by atoms with van der Waals surface area (Å²) < 4.78 is 37.1. The standard InChI is InChI=1S/C14H28F3N3/c1-5-20-8-6-13(7-9-20,19(3)4)11-18-12(2)10-14(15,16)17/h12,18H,5-11H2,1-4H3/t12-/m1/s1. The summed E-state index contributed by atoms with van der Waals surface area (Å²) in [5.41, 5.74) is -0.0223. The monoisotopic (exact) mass is 295 g/mol. The molecule has 0 aliphatic carbocycles. The van der Waals surface area contributed by atoms with E-state index < -0.39 is 18.6 Å². The molecule has 20 heavy (non-hydrogen) atoms. The van der Waals surface area contributed by atoms with Crippen LogP contribution in [0, 0.1) is 0 Å². The van der Waals surface area contributed by atoms with Crippen molar-refractivity contribution in [3.8, 4) is 0 Å². The summed E-state index contributed by atoms with van der Waals surface area (Å²) in [6.45, 7) is 7.45. The molecule has 0 radical (unpaired) electrons. The van der Waals surface area contributed by atoms with Crippen molar-refractivity contribution < 1.29 is 13.2 Å². The molecule has 0 bridgehead atoms. The number of alkyl halides is 3. The van der Waals surface area contributed by atoms with Crippen LogP contribution in [-0.2, 0) is 0 Å². The Morgan fingerprint density at radius 3 is 2.20 bits per heavy atom. The Morgan fingerprint density at radius 2 is 1.80 bits per heavy atom. The van der Waals surface area contributed by atoms with Crippen LogP contribution in [-0.4, -0.2) is 67.8 Å². The lowest BCUT2D eigenvalue weighted by molar-refractivity contribution is -0.139. The van der Waals surface area contributed by atoms with E-state index in [2.05, 4.69) is 22.0 Å². The molecule has 1 aliphatic rings. The molecule has 0 aromatic carbocycles. The van der Waals surface area contributed by atoms with E-state index in [1.54, 1.807) is 6.92 Å². The maximum absolute atomic E-state index is 12.4. The van der Waals surface area contributed by atoms with Gasteiger partial charge in [0.25, 0.3) is 0 Å². The number of likely N-dealkylation sites (N-methyl/N-ethyl adjacent to an activating group) is 1. The zero-order chi connectivity index (χ0) is 15.4. The molecule has 0 unspecified atom stereocenters. The zero-order valence-electron chi connectivity index (χ0n) is 13.1. The second kappa shape index (κ2) is 7.09. The number of halogens is 3. The number of likely N-dealkylation sites (tertiary alicyclic amines) is 1. The Balaban J connectivity index is 2.52. The second-order valence-corrected chi connectivity index (χ2v) is 6.15. The van der Waals surface area contributed by atoms with Gasteiger partial charge >= 0.3 is 6.18 Å². The SMILES string of the molecule is CCN1CCC(CN[C@H](C)CC(F)(F)F)(N(C)C)CC1. The van der Waals surface area contributed by atoms with Crippen LogP contribution in [0.15, 0.2) is 0 Å². The lowest BCUT2D eigenvalue weighted by Crippen LogP contribution is -2.58. The number of hydrogen-bond donors (Lipinski definition) is 1. The van der Waals surface area contributed by atoms with E-state index in [0.717, 1.165) is 32.5 Å². The van der Waals surface area contributed by atoms with Crippen molar-refractivity contribution >= 4 is 0 Å². The fraction of sp³-hybridized carbons (Fsp3) is 1.00. The summed E-state index contributed by atoms with van der Waals surface area (Å²) in [7, 11) is 4.05. The van der Waals surface area contributed by atoms with Gasteiger partial charge in [0.05, 0.1) is 6.42 Å². The lowest BCUT2D eigenvalue weighted by atomic mass is 9.85. The molecule has 1 fully saturated rings. The van der Waals surface area contributed by atoms with Gasteiger partial charge < -0.3 is 15.1 Å². The van der Waals surface area contributed by atoms with Gasteiger partial charge in [-0.25, -0.2) is 0 Å². The maximum Gasteiger partial charge on any atom is 0.390 e. The normalized spacial score (nSPS) is 22.2. The molecule has 0 aromatic rings. The smallest absolute Gasteiger partial charge is 0.312 e. The minimum absolute atomic E-state index is 0.0223. The molecule has 1 saturated heterocycles. The number of nitrogens with zero attached hydrogens (tertiary/aromatic N) is 2. The Hall–Kier alpha value is -0.330. The van der Waals surface area contributed by atoms with Crippen LogP contribution >= 0.6 is 0 Å². The summed E-state index contributed by atoms with van der Waals surface area (Å²) in [5, 5.41) is 3.08. The van der Waals surface area contributed by atoms with Crippen molar-refractivity contribution in [1.82, 2.24) is 15.1 Å². The van der Waals surface area contributed by atoms with Gasteiger partial charge in [0.1, 0.15) is 0 Å². The molecule has 1 rings (SSSR count). The molecule has 1 aliphatic heterocycles. The van der Waals surface area contributed by atoms with E-state index >= 15 is 0 Å². The van der Waals surface area contributed by atoms with Crippen LogP contribution in [0.2, 0.25) is 0 Å². The van der Waals surface area contributed by atoms with Crippen LogP contribution < -0.4 is 5.32 Å². The van der Waals surface area contributed by atoms with Crippen LogP contribution in [0.4, 0.5) is 13.2 Å². The zero-order valence-corrected chi connectivity index (χ0v) is 13.1. The van der Waals surface area contributed by atoms with Gasteiger partial charge in [-0.15, -0.1) is 0 Å². The minimum Gasteiger partial charge on any atom is -0.312 e. The second-order valence-electron chi connectivity index (χ2n) is 6.15. The molecule has 3 nitrogen and oxygen atoms in total. The largest absolute Gasteiger partial charge is 0.390 e. The highest BCUT2D eigenvalue weighted by atomic mass is 19.4. The number of nitrogens with one attached hydrogen (secondary N) is 1. The quantitative estimate of drug-likeness (QED) is 0.811. The molecule has 0 spiro atoms. The third kappa shape index (κ3) is 5.22. The molecule has 0 aromatic heterocycles. The average Bonchev–Trinajstić information content (AvgIpc) is 2.34. The van der Waals surface area contributed by atoms with Crippen LogP contribution in [0.5, 0.6) is 0 Å². The summed E-state index contributed by atoms with van der Waals surface area (Å²) in [6, 6.07) is -0.531. The van der Waals surface area contributed by atoms with Crippen LogP contribution in [0.3, 0.4) is 0 Å². The fourth-order valence-corrected chi connectivity index (χ4v) is 2.85. The van der Waals surface area contributed by atoms with Crippen molar-refractivity contribution in [3.05, 3.63) is 0 Å². The molecule has 1 atom stereocenters. The lowest BCUT2D eigenvalue weighted by Gasteiger charge is -2.46.